The van der Waals surface area contributed by atoms with E-state index in [0.29, 0.717) is 6.04 Å². The van der Waals surface area contributed by atoms with Gasteiger partial charge in [0.15, 0.2) is 0 Å². The summed E-state index contributed by atoms with van der Waals surface area (Å²) in [6.07, 6.45) is 4.46. The molecular formula is C15H15N. The van der Waals surface area contributed by atoms with Crippen LogP contribution in [-0.4, -0.2) is 7.05 Å². The molecule has 0 bridgehead atoms. The van der Waals surface area contributed by atoms with E-state index < -0.39 is 0 Å². The quantitative estimate of drug-likeness (QED) is 0.758. The number of rotatable bonds is 1. The Morgan fingerprint density at radius 2 is 2.00 bits per heavy atom. The van der Waals surface area contributed by atoms with E-state index in [4.69, 9.17) is 0 Å². The van der Waals surface area contributed by atoms with Crippen molar-refractivity contribution in [3.63, 3.8) is 0 Å². The number of likely N-dealkylation sites (N-methyl/N-ethyl adjacent to an activating group) is 1. The van der Waals surface area contributed by atoms with Gasteiger partial charge in [-0.2, -0.15) is 0 Å². The van der Waals surface area contributed by atoms with Gasteiger partial charge in [0.2, 0.25) is 0 Å². The van der Waals surface area contributed by atoms with E-state index in [2.05, 4.69) is 54.7 Å². The largest absolute Gasteiger partial charge is 0.310 e. The summed E-state index contributed by atoms with van der Waals surface area (Å²) >= 11 is 0. The molecule has 1 unspecified atom stereocenters. The van der Waals surface area contributed by atoms with Crippen molar-refractivity contribution in [1.82, 2.24) is 5.32 Å². The minimum atomic E-state index is 0.346. The van der Waals surface area contributed by atoms with Crippen LogP contribution in [0.2, 0.25) is 0 Å². The van der Waals surface area contributed by atoms with Gasteiger partial charge < -0.3 is 5.32 Å². The molecule has 1 nitrogen and oxygen atoms in total. The molecule has 0 heterocycles. The molecule has 2 aromatic carbocycles. The molecule has 3 rings (SSSR count). The zero-order valence-electron chi connectivity index (χ0n) is 9.62. The van der Waals surface area contributed by atoms with Gasteiger partial charge in [0.25, 0.3) is 0 Å². The molecule has 0 fully saturated rings. The number of aryl methyl sites for hydroxylation is 1. The van der Waals surface area contributed by atoms with Crippen molar-refractivity contribution in [1.29, 1.82) is 0 Å². The number of hydrogen-bond acceptors (Lipinski definition) is 1. The van der Waals surface area contributed by atoms with Crippen LogP contribution in [0.25, 0.3) is 16.8 Å². The Bertz CT molecular complexity index is 581. The summed E-state index contributed by atoms with van der Waals surface area (Å²) in [4.78, 5) is 0. The van der Waals surface area contributed by atoms with Gasteiger partial charge in [-0.25, -0.2) is 0 Å². The first-order chi connectivity index (χ1) is 7.81. The highest BCUT2D eigenvalue weighted by Crippen LogP contribution is 2.35. The van der Waals surface area contributed by atoms with Crippen LogP contribution in [0.4, 0.5) is 0 Å². The first kappa shape index (κ1) is 9.61. The average molecular weight is 209 g/mol. The monoisotopic (exact) mass is 209 g/mol. The highest BCUT2D eigenvalue weighted by Gasteiger charge is 2.17. The Labute approximate surface area is 95.8 Å². The maximum atomic E-state index is 3.36. The molecule has 1 N–H and O–H groups in total. The van der Waals surface area contributed by atoms with Crippen LogP contribution in [0.15, 0.2) is 36.4 Å². The van der Waals surface area contributed by atoms with E-state index in [1.165, 1.54) is 27.5 Å². The number of benzene rings is 2. The molecule has 1 heteroatoms. The molecule has 0 aliphatic heterocycles. The third-order valence-corrected chi connectivity index (χ3v) is 3.43. The van der Waals surface area contributed by atoms with Crippen LogP contribution in [0.3, 0.4) is 0 Å². The maximum absolute atomic E-state index is 3.36. The zero-order chi connectivity index (χ0) is 11.1. The Morgan fingerprint density at radius 3 is 2.81 bits per heavy atom. The van der Waals surface area contributed by atoms with E-state index in [0.717, 1.165) is 0 Å². The van der Waals surface area contributed by atoms with Crippen molar-refractivity contribution in [2.24, 2.45) is 0 Å². The Hall–Kier alpha value is -1.60. The van der Waals surface area contributed by atoms with Crippen LogP contribution < -0.4 is 5.32 Å². The second-order valence-corrected chi connectivity index (χ2v) is 4.37. The highest BCUT2D eigenvalue weighted by molar-refractivity contribution is 5.96. The lowest BCUT2D eigenvalue weighted by molar-refractivity contribution is 0.716. The van der Waals surface area contributed by atoms with Crippen molar-refractivity contribution in [2.45, 2.75) is 13.0 Å². The molecule has 0 aromatic heterocycles. The molecule has 1 aliphatic carbocycles. The fourth-order valence-corrected chi connectivity index (χ4v) is 2.62. The van der Waals surface area contributed by atoms with Gasteiger partial charge in [0.05, 0.1) is 6.04 Å². The van der Waals surface area contributed by atoms with Gasteiger partial charge in [-0.15, -0.1) is 0 Å². The Balaban J connectivity index is 2.45. The lowest BCUT2D eigenvalue weighted by atomic mass is 9.87. The van der Waals surface area contributed by atoms with Gasteiger partial charge in [-0.05, 0) is 41.4 Å². The fourth-order valence-electron chi connectivity index (χ4n) is 2.62. The summed E-state index contributed by atoms with van der Waals surface area (Å²) in [6.45, 7) is 2.19. The summed E-state index contributed by atoms with van der Waals surface area (Å²) in [5.74, 6) is 0. The van der Waals surface area contributed by atoms with Crippen LogP contribution in [-0.2, 0) is 0 Å². The van der Waals surface area contributed by atoms with Gasteiger partial charge in [-0.1, -0.05) is 42.5 Å². The Morgan fingerprint density at radius 1 is 1.12 bits per heavy atom. The lowest BCUT2D eigenvalue weighted by Gasteiger charge is -2.23. The van der Waals surface area contributed by atoms with E-state index in [9.17, 15) is 0 Å². The smallest absolute Gasteiger partial charge is 0.0516 e. The number of nitrogens with one attached hydrogen (secondary N) is 1. The molecule has 0 amide bonds. The van der Waals surface area contributed by atoms with Gasteiger partial charge in [-0.3, -0.25) is 0 Å². The van der Waals surface area contributed by atoms with E-state index in [-0.39, 0.29) is 0 Å². The van der Waals surface area contributed by atoms with Crippen LogP contribution in [0.5, 0.6) is 0 Å². The molecule has 1 atom stereocenters. The first-order valence-corrected chi connectivity index (χ1v) is 5.69. The SMILES string of the molecule is CNC1C=Cc2cccc3ccc(C)c1c23. The highest BCUT2D eigenvalue weighted by atomic mass is 14.9. The summed E-state index contributed by atoms with van der Waals surface area (Å²) in [5.41, 5.74) is 4.13. The molecule has 16 heavy (non-hydrogen) atoms. The van der Waals surface area contributed by atoms with Crippen LogP contribution in [0.1, 0.15) is 22.7 Å². The van der Waals surface area contributed by atoms with E-state index in [1.807, 2.05) is 7.05 Å². The predicted molar refractivity (Wildman–Crippen MR) is 69.5 cm³/mol. The number of hydrogen-bond donors (Lipinski definition) is 1. The summed E-state index contributed by atoms with van der Waals surface area (Å²) in [5, 5.41) is 6.10. The van der Waals surface area contributed by atoms with Crippen molar-refractivity contribution in [3.05, 3.63) is 53.1 Å². The van der Waals surface area contributed by atoms with Crippen LogP contribution in [0, 0.1) is 6.92 Å². The lowest BCUT2D eigenvalue weighted by Crippen LogP contribution is -2.17. The van der Waals surface area contributed by atoms with Crippen molar-refractivity contribution < 1.29 is 0 Å². The molecule has 80 valence electrons. The van der Waals surface area contributed by atoms with Crippen molar-refractivity contribution >= 4 is 16.8 Å². The first-order valence-electron chi connectivity index (χ1n) is 5.69. The fraction of sp³-hybridized carbons (Fsp3) is 0.200. The molecule has 0 radical (unpaired) electrons. The average Bonchev–Trinajstić information content (AvgIpc) is 2.33. The van der Waals surface area contributed by atoms with Crippen molar-refractivity contribution in [2.75, 3.05) is 7.05 Å². The molecule has 0 saturated heterocycles. The van der Waals surface area contributed by atoms with Gasteiger partial charge >= 0.3 is 0 Å². The molecule has 2 aromatic rings. The molecule has 1 aliphatic rings. The summed E-state index contributed by atoms with van der Waals surface area (Å²) in [6, 6.07) is 11.3. The van der Waals surface area contributed by atoms with Crippen LogP contribution >= 0.6 is 0 Å². The zero-order valence-corrected chi connectivity index (χ0v) is 9.62. The van der Waals surface area contributed by atoms with E-state index in [1.54, 1.807) is 0 Å². The molecular weight excluding hydrogens is 194 g/mol. The minimum absolute atomic E-state index is 0.346. The minimum Gasteiger partial charge on any atom is -0.310 e. The third kappa shape index (κ3) is 1.22. The van der Waals surface area contributed by atoms with Gasteiger partial charge in [0.1, 0.15) is 0 Å². The van der Waals surface area contributed by atoms with Crippen molar-refractivity contribution in [3.8, 4) is 0 Å². The third-order valence-electron chi connectivity index (χ3n) is 3.43. The second-order valence-electron chi connectivity index (χ2n) is 4.37. The summed E-state index contributed by atoms with van der Waals surface area (Å²) in [7, 11) is 2.02. The van der Waals surface area contributed by atoms with Gasteiger partial charge in [0, 0.05) is 0 Å². The molecule has 0 spiro atoms. The normalized spacial score (nSPS) is 18.0. The van der Waals surface area contributed by atoms with E-state index >= 15 is 0 Å². The molecule has 0 saturated carbocycles. The standard InChI is InChI=1S/C15H15N/c1-10-6-7-11-4-3-5-12-8-9-13(16-2)14(10)15(11)12/h3-9,13,16H,1-2H3. The second kappa shape index (κ2) is 3.46. The summed E-state index contributed by atoms with van der Waals surface area (Å²) < 4.78 is 0. The Kier molecular flexibility index (Phi) is 2.08. The maximum Gasteiger partial charge on any atom is 0.0516 e. The topological polar surface area (TPSA) is 12.0 Å². The predicted octanol–water partition coefficient (Wildman–Crippen LogP) is 3.44.